The standard InChI is InChI=1S/C21H23N9O/c1-3-19(31)28-13-21(14-28,5-6-22)30-11-16(10-26-30)20-18-4-7-25-29(18)12-17(27-20)15(8-23)9-24-2/h4,7-12H,3,5,13-14,23H2,1-2H3. The van der Waals surface area contributed by atoms with E-state index in [1.807, 2.05) is 19.2 Å². The molecule has 31 heavy (non-hydrogen) atoms. The molecule has 4 rings (SSSR count). The van der Waals surface area contributed by atoms with Crippen molar-refractivity contribution in [2.75, 3.05) is 20.1 Å². The van der Waals surface area contributed by atoms with E-state index in [9.17, 15) is 10.1 Å². The second-order valence-corrected chi connectivity index (χ2v) is 7.48. The molecule has 1 saturated heterocycles. The van der Waals surface area contributed by atoms with Crippen LogP contribution in [0.3, 0.4) is 0 Å². The van der Waals surface area contributed by atoms with Crippen LogP contribution >= 0.6 is 0 Å². The van der Waals surface area contributed by atoms with Crippen molar-refractivity contribution in [1.29, 1.82) is 5.26 Å². The fourth-order valence-corrected chi connectivity index (χ4v) is 3.87. The summed E-state index contributed by atoms with van der Waals surface area (Å²) in [5, 5.41) is 18.3. The van der Waals surface area contributed by atoms with Gasteiger partial charge in [-0.1, -0.05) is 6.92 Å². The Hall–Kier alpha value is -4.00. The molecule has 10 nitrogen and oxygen atoms in total. The predicted octanol–water partition coefficient (Wildman–Crippen LogP) is 1.45. The molecule has 0 bridgehead atoms. The minimum atomic E-state index is -0.525. The number of hydrogen-bond donors (Lipinski definition) is 1. The van der Waals surface area contributed by atoms with Gasteiger partial charge in [-0.25, -0.2) is 9.50 Å². The monoisotopic (exact) mass is 417 g/mol. The summed E-state index contributed by atoms with van der Waals surface area (Å²) in [4.78, 5) is 22.6. The first-order valence-electron chi connectivity index (χ1n) is 9.94. The topological polar surface area (TPSA) is 130 Å². The number of nitriles is 1. The van der Waals surface area contributed by atoms with Gasteiger partial charge in [-0.05, 0) is 6.07 Å². The quantitative estimate of drug-likeness (QED) is 0.604. The van der Waals surface area contributed by atoms with E-state index in [0.717, 1.165) is 11.1 Å². The Morgan fingerprint density at radius 3 is 2.87 bits per heavy atom. The van der Waals surface area contributed by atoms with Gasteiger partial charge in [0.05, 0.1) is 48.0 Å². The van der Waals surface area contributed by atoms with Crippen molar-refractivity contribution >= 4 is 23.2 Å². The number of likely N-dealkylation sites (tertiary alicyclic amines) is 1. The Bertz CT molecular complexity index is 1220. The number of nitrogens with zero attached hydrogens (tertiary/aromatic N) is 8. The summed E-state index contributed by atoms with van der Waals surface area (Å²) in [7, 11) is 1.67. The minimum absolute atomic E-state index is 0.0787. The molecule has 4 heterocycles. The van der Waals surface area contributed by atoms with Gasteiger partial charge in [0.1, 0.15) is 5.54 Å². The zero-order valence-corrected chi connectivity index (χ0v) is 17.4. The summed E-state index contributed by atoms with van der Waals surface area (Å²) in [6.07, 6.45) is 10.9. The summed E-state index contributed by atoms with van der Waals surface area (Å²) in [6, 6.07) is 4.12. The fraction of sp³-hybridized carbons (Fsp3) is 0.333. The van der Waals surface area contributed by atoms with Gasteiger partial charge in [0, 0.05) is 56.3 Å². The Labute approximate surface area is 179 Å². The third-order valence-corrected chi connectivity index (χ3v) is 5.51. The van der Waals surface area contributed by atoms with Crippen LogP contribution in [-0.2, 0) is 10.3 Å². The summed E-state index contributed by atoms with van der Waals surface area (Å²) in [5.74, 6) is 0.0787. The van der Waals surface area contributed by atoms with E-state index in [-0.39, 0.29) is 12.3 Å². The van der Waals surface area contributed by atoms with Crippen LogP contribution in [0.2, 0.25) is 0 Å². The van der Waals surface area contributed by atoms with Crippen LogP contribution in [0.1, 0.15) is 25.5 Å². The predicted molar refractivity (Wildman–Crippen MR) is 116 cm³/mol. The van der Waals surface area contributed by atoms with Crippen molar-refractivity contribution in [2.24, 2.45) is 10.7 Å². The van der Waals surface area contributed by atoms with Crippen LogP contribution in [0.25, 0.3) is 22.3 Å². The Morgan fingerprint density at radius 1 is 1.39 bits per heavy atom. The molecule has 10 heteroatoms. The van der Waals surface area contributed by atoms with Crippen molar-refractivity contribution in [3.8, 4) is 17.3 Å². The van der Waals surface area contributed by atoms with Crippen molar-refractivity contribution in [2.45, 2.75) is 25.3 Å². The maximum absolute atomic E-state index is 12.0. The average molecular weight is 417 g/mol. The lowest BCUT2D eigenvalue weighted by Crippen LogP contribution is -2.64. The van der Waals surface area contributed by atoms with Gasteiger partial charge in [0.15, 0.2) is 0 Å². The molecule has 0 aliphatic carbocycles. The minimum Gasteiger partial charge on any atom is -0.404 e. The number of aromatic nitrogens is 5. The molecule has 1 aliphatic heterocycles. The third kappa shape index (κ3) is 3.44. The molecule has 0 unspecified atom stereocenters. The molecule has 0 saturated carbocycles. The number of fused-ring (bicyclic) bond motifs is 1. The summed E-state index contributed by atoms with van der Waals surface area (Å²) < 4.78 is 3.53. The zero-order chi connectivity index (χ0) is 22.0. The first-order chi connectivity index (χ1) is 15.0. The van der Waals surface area contributed by atoms with Gasteiger partial charge in [-0.3, -0.25) is 14.5 Å². The molecule has 2 N–H and O–H groups in total. The van der Waals surface area contributed by atoms with Gasteiger partial charge in [-0.15, -0.1) is 0 Å². The molecule has 3 aromatic rings. The lowest BCUT2D eigenvalue weighted by atomic mass is 9.86. The summed E-state index contributed by atoms with van der Waals surface area (Å²) in [6.45, 7) is 2.77. The molecule has 0 aromatic carbocycles. The molecule has 1 amide bonds. The zero-order valence-electron chi connectivity index (χ0n) is 17.4. The lowest BCUT2D eigenvalue weighted by Gasteiger charge is -2.49. The number of aliphatic imine (C=N–C) groups is 1. The number of carbonyl (C=O) groups excluding carboxylic acids is 1. The highest BCUT2D eigenvalue weighted by atomic mass is 16.2. The van der Waals surface area contributed by atoms with E-state index >= 15 is 0 Å². The lowest BCUT2D eigenvalue weighted by molar-refractivity contribution is -0.142. The number of carbonyl (C=O) groups is 1. The van der Waals surface area contributed by atoms with E-state index in [4.69, 9.17) is 10.7 Å². The van der Waals surface area contributed by atoms with E-state index in [2.05, 4.69) is 21.3 Å². The van der Waals surface area contributed by atoms with Crippen molar-refractivity contribution in [1.82, 2.24) is 29.3 Å². The third-order valence-electron chi connectivity index (χ3n) is 5.51. The molecule has 1 fully saturated rings. The van der Waals surface area contributed by atoms with E-state index < -0.39 is 5.54 Å². The van der Waals surface area contributed by atoms with Gasteiger partial charge >= 0.3 is 0 Å². The highest BCUT2D eigenvalue weighted by molar-refractivity contribution is 6.09. The maximum Gasteiger partial charge on any atom is 0.222 e. The van der Waals surface area contributed by atoms with Crippen molar-refractivity contribution in [3.63, 3.8) is 0 Å². The number of allylic oxidation sites excluding steroid dienone is 1. The fourth-order valence-electron chi connectivity index (χ4n) is 3.87. The average Bonchev–Trinajstić information content (AvgIpc) is 3.42. The van der Waals surface area contributed by atoms with Gasteiger partial charge in [0.25, 0.3) is 0 Å². The molecule has 1 aliphatic rings. The van der Waals surface area contributed by atoms with Crippen LogP contribution in [0.4, 0.5) is 0 Å². The van der Waals surface area contributed by atoms with Crippen molar-refractivity contribution < 1.29 is 4.79 Å². The molecule has 0 spiro atoms. The van der Waals surface area contributed by atoms with E-state index in [1.54, 1.807) is 45.9 Å². The smallest absolute Gasteiger partial charge is 0.222 e. The van der Waals surface area contributed by atoms with Gasteiger partial charge in [-0.2, -0.15) is 15.5 Å². The molecular formula is C21H23N9O. The summed E-state index contributed by atoms with van der Waals surface area (Å²) in [5.41, 5.74) is 8.83. The number of rotatable bonds is 6. The highest BCUT2D eigenvalue weighted by Gasteiger charge is 2.47. The normalized spacial score (nSPS) is 15.9. The second-order valence-electron chi connectivity index (χ2n) is 7.48. The number of amides is 1. The van der Waals surface area contributed by atoms with E-state index in [1.165, 1.54) is 6.20 Å². The van der Waals surface area contributed by atoms with Crippen LogP contribution in [-0.4, -0.2) is 61.5 Å². The Morgan fingerprint density at radius 2 is 2.19 bits per heavy atom. The number of nitrogens with two attached hydrogens (primary N) is 1. The Kier molecular flexibility index (Phi) is 5.25. The molecule has 3 aromatic heterocycles. The molecule has 158 valence electrons. The highest BCUT2D eigenvalue weighted by Crippen LogP contribution is 2.34. The molecule has 0 atom stereocenters. The van der Waals surface area contributed by atoms with E-state index in [0.29, 0.717) is 36.5 Å². The first-order valence-corrected chi connectivity index (χ1v) is 9.94. The van der Waals surface area contributed by atoms with Crippen LogP contribution < -0.4 is 5.73 Å². The largest absolute Gasteiger partial charge is 0.404 e. The Balaban J connectivity index is 1.75. The maximum atomic E-state index is 12.0. The van der Waals surface area contributed by atoms with Crippen LogP contribution in [0.15, 0.2) is 42.0 Å². The number of hydrogen-bond acceptors (Lipinski definition) is 7. The van der Waals surface area contributed by atoms with Crippen molar-refractivity contribution in [3.05, 3.63) is 42.7 Å². The SMILES string of the molecule is CCC(=O)N1CC(CC#N)(n2cc(-c3nc(C(C=NC)=CN)cn4nccc34)cn2)C1. The van der Waals surface area contributed by atoms with Crippen LogP contribution in [0, 0.1) is 11.3 Å². The summed E-state index contributed by atoms with van der Waals surface area (Å²) >= 11 is 0. The molecule has 0 radical (unpaired) electrons. The van der Waals surface area contributed by atoms with Gasteiger partial charge < -0.3 is 10.6 Å². The van der Waals surface area contributed by atoms with Gasteiger partial charge in [0.2, 0.25) is 5.91 Å². The first kappa shape index (κ1) is 20.3. The molecular weight excluding hydrogens is 394 g/mol. The van der Waals surface area contributed by atoms with Crippen LogP contribution in [0.5, 0.6) is 0 Å². The second kappa shape index (κ2) is 8.02.